The van der Waals surface area contributed by atoms with E-state index >= 15 is 0 Å². The Kier molecular flexibility index (Phi) is 4.90. The van der Waals surface area contributed by atoms with E-state index < -0.39 is 4.92 Å². The van der Waals surface area contributed by atoms with Crippen molar-refractivity contribution in [1.82, 2.24) is 4.98 Å². The largest absolute Gasteiger partial charge is 0.476 e. The number of aryl methyl sites for hydroxylation is 2. The maximum absolute atomic E-state index is 12.0. The van der Waals surface area contributed by atoms with E-state index in [1.807, 2.05) is 25.1 Å². The number of carbonyl (C=O) groups is 1. The number of hydrogen-bond acceptors (Lipinski definition) is 5. The Morgan fingerprint density at radius 3 is 2.65 bits per heavy atom. The van der Waals surface area contributed by atoms with Crippen molar-refractivity contribution in [2.24, 2.45) is 0 Å². The lowest BCUT2D eigenvalue weighted by Crippen LogP contribution is -2.21. The summed E-state index contributed by atoms with van der Waals surface area (Å²) in [6, 6.07) is 7.33. The molecule has 0 aliphatic heterocycles. The van der Waals surface area contributed by atoms with Crippen LogP contribution in [-0.2, 0) is 4.79 Å². The van der Waals surface area contributed by atoms with Crippen molar-refractivity contribution < 1.29 is 14.5 Å². The number of aromatic nitrogens is 1. The van der Waals surface area contributed by atoms with Crippen LogP contribution in [0.15, 0.2) is 30.5 Å². The Morgan fingerprint density at radius 2 is 2.00 bits per heavy atom. The van der Waals surface area contributed by atoms with Crippen molar-refractivity contribution in [1.29, 1.82) is 0 Å². The number of nitrogens with zero attached hydrogens (tertiary/aromatic N) is 2. The van der Waals surface area contributed by atoms with Crippen LogP contribution in [0.4, 0.5) is 11.4 Å². The fourth-order valence-corrected chi connectivity index (χ4v) is 2.02. The third-order valence-electron chi connectivity index (χ3n) is 3.46. The monoisotopic (exact) mass is 315 g/mol. The van der Waals surface area contributed by atoms with Crippen LogP contribution in [-0.4, -0.2) is 22.4 Å². The van der Waals surface area contributed by atoms with Crippen LogP contribution in [0.1, 0.15) is 16.8 Å². The van der Waals surface area contributed by atoms with Crippen LogP contribution in [0, 0.1) is 30.9 Å². The summed E-state index contributed by atoms with van der Waals surface area (Å²) in [6.45, 7) is 4.94. The molecule has 0 saturated heterocycles. The van der Waals surface area contributed by atoms with Gasteiger partial charge >= 0.3 is 5.69 Å². The molecule has 0 fully saturated rings. The minimum Gasteiger partial charge on any atom is -0.476 e. The summed E-state index contributed by atoms with van der Waals surface area (Å²) < 4.78 is 5.39. The lowest BCUT2D eigenvalue weighted by molar-refractivity contribution is -0.386. The first-order valence-electron chi connectivity index (χ1n) is 6.99. The molecule has 1 N–H and O–H groups in total. The van der Waals surface area contributed by atoms with Crippen molar-refractivity contribution >= 4 is 17.3 Å². The number of amides is 1. The average Bonchev–Trinajstić information content (AvgIpc) is 2.50. The zero-order valence-electron chi connectivity index (χ0n) is 13.1. The van der Waals surface area contributed by atoms with E-state index in [1.165, 1.54) is 0 Å². The normalized spacial score (nSPS) is 10.2. The number of ether oxygens (including phenoxy) is 1. The molecule has 1 amide bonds. The van der Waals surface area contributed by atoms with Gasteiger partial charge in [0.25, 0.3) is 5.91 Å². The minimum atomic E-state index is -0.575. The van der Waals surface area contributed by atoms with Gasteiger partial charge in [0, 0.05) is 16.9 Å². The molecule has 2 aromatic rings. The molecule has 0 bridgehead atoms. The maximum Gasteiger partial charge on any atom is 0.329 e. The van der Waals surface area contributed by atoms with Crippen LogP contribution < -0.4 is 10.1 Å². The molecule has 0 aliphatic rings. The lowest BCUT2D eigenvalue weighted by Gasteiger charge is -2.12. The third-order valence-corrected chi connectivity index (χ3v) is 3.46. The van der Waals surface area contributed by atoms with Gasteiger partial charge in [-0.05, 0) is 32.4 Å². The Bertz CT molecular complexity index is 759. The lowest BCUT2D eigenvalue weighted by atomic mass is 10.2. The summed E-state index contributed by atoms with van der Waals surface area (Å²) in [5.41, 5.74) is 2.51. The van der Waals surface area contributed by atoms with E-state index in [0.717, 1.165) is 11.8 Å². The summed E-state index contributed by atoms with van der Waals surface area (Å²) in [5, 5.41) is 13.8. The zero-order chi connectivity index (χ0) is 17.0. The molecule has 0 unspecified atom stereocenters. The predicted molar refractivity (Wildman–Crippen MR) is 85.7 cm³/mol. The number of carbonyl (C=O) groups excluding carboxylic acids is 1. The first-order chi connectivity index (χ1) is 10.9. The molecule has 0 spiro atoms. The molecular formula is C16H17N3O4. The highest BCUT2D eigenvalue weighted by atomic mass is 16.6. The van der Waals surface area contributed by atoms with Gasteiger partial charge in [-0.2, -0.15) is 0 Å². The third kappa shape index (κ3) is 3.82. The number of pyridine rings is 1. The fraction of sp³-hybridized carbons (Fsp3) is 0.250. The average molecular weight is 315 g/mol. The van der Waals surface area contributed by atoms with Gasteiger partial charge in [-0.1, -0.05) is 18.2 Å². The van der Waals surface area contributed by atoms with E-state index in [-0.39, 0.29) is 24.0 Å². The molecule has 2 rings (SSSR count). The predicted octanol–water partition coefficient (Wildman–Crippen LogP) is 2.93. The van der Waals surface area contributed by atoms with E-state index in [1.54, 1.807) is 19.9 Å². The van der Waals surface area contributed by atoms with Crippen molar-refractivity contribution in [2.45, 2.75) is 20.8 Å². The van der Waals surface area contributed by atoms with Crippen LogP contribution >= 0.6 is 0 Å². The number of nitro groups is 1. The molecule has 120 valence electrons. The standard InChI is InChI=1S/C16H17N3O4/c1-10-6-4-5-7-13(10)18-15(20)9-23-16-11(2)12(3)17-8-14(16)19(21)22/h4-8H,9H2,1-3H3,(H,18,20). The number of hydrogen-bond donors (Lipinski definition) is 1. The van der Waals surface area contributed by atoms with Crippen LogP contribution in [0.25, 0.3) is 0 Å². The first kappa shape index (κ1) is 16.4. The second kappa shape index (κ2) is 6.87. The number of rotatable bonds is 5. The van der Waals surface area contributed by atoms with Gasteiger partial charge in [0.1, 0.15) is 6.20 Å². The Labute approximate surface area is 133 Å². The van der Waals surface area contributed by atoms with Crippen molar-refractivity contribution in [3.8, 4) is 5.75 Å². The Balaban J connectivity index is 2.12. The molecule has 1 aromatic heterocycles. The smallest absolute Gasteiger partial charge is 0.329 e. The Morgan fingerprint density at radius 1 is 1.30 bits per heavy atom. The van der Waals surface area contributed by atoms with Crippen LogP contribution in [0.3, 0.4) is 0 Å². The number of para-hydroxylation sites is 1. The summed E-state index contributed by atoms with van der Waals surface area (Å²) in [4.78, 5) is 26.4. The highest BCUT2D eigenvalue weighted by molar-refractivity contribution is 5.92. The quantitative estimate of drug-likeness (QED) is 0.676. The van der Waals surface area contributed by atoms with Gasteiger partial charge in [0.05, 0.1) is 4.92 Å². The SMILES string of the molecule is Cc1ccccc1NC(=O)COc1c([N+](=O)[O-])cnc(C)c1C. The fourth-order valence-electron chi connectivity index (χ4n) is 2.02. The van der Waals surface area contributed by atoms with E-state index in [2.05, 4.69) is 10.3 Å². The maximum atomic E-state index is 12.0. The molecule has 23 heavy (non-hydrogen) atoms. The van der Waals surface area contributed by atoms with Crippen molar-refractivity contribution in [3.63, 3.8) is 0 Å². The van der Waals surface area contributed by atoms with Gasteiger partial charge in [-0.25, -0.2) is 0 Å². The zero-order valence-corrected chi connectivity index (χ0v) is 13.1. The summed E-state index contributed by atoms with van der Waals surface area (Å²) in [6.07, 6.45) is 1.14. The van der Waals surface area contributed by atoms with Crippen LogP contribution in [0.5, 0.6) is 5.75 Å². The van der Waals surface area contributed by atoms with E-state index in [9.17, 15) is 14.9 Å². The Hall–Kier alpha value is -2.96. The number of benzene rings is 1. The number of nitrogens with one attached hydrogen (secondary N) is 1. The molecule has 7 nitrogen and oxygen atoms in total. The molecular weight excluding hydrogens is 298 g/mol. The van der Waals surface area contributed by atoms with Gasteiger partial charge in [0.15, 0.2) is 6.61 Å². The van der Waals surface area contributed by atoms with E-state index in [0.29, 0.717) is 16.9 Å². The van der Waals surface area contributed by atoms with Gasteiger partial charge in [-0.3, -0.25) is 19.9 Å². The van der Waals surface area contributed by atoms with Gasteiger partial charge in [-0.15, -0.1) is 0 Å². The van der Waals surface area contributed by atoms with Gasteiger partial charge < -0.3 is 10.1 Å². The highest BCUT2D eigenvalue weighted by Crippen LogP contribution is 2.31. The highest BCUT2D eigenvalue weighted by Gasteiger charge is 2.21. The molecule has 0 aliphatic carbocycles. The second-order valence-corrected chi connectivity index (χ2v) is 5.09. The van der Waals surface area contributed by atoms with Gasteiger partial charge in [0.2, 0.25) is 5.75 Å². The number of anilines is 1. The topological polar surface area (TPSA) is 94.4 Å². The summed E-state index contributed by atoms with van der Waals surface area (Å²) in [7, 11) is 0. The minimum absolute atomic E-state index is 0.0717. The molecule has 7 heteroatoms. The van der Waals surface area contributed by atoms with Crippen molar-refractivity contribution in [2.75, 3.05) is 11.9 Å². The molecule has 0 saturated carbocycles. The summed E-state index contributed by atoms with van der Waals surface area (Å²) >= 11 is 0. The molecule has 0 atom stereocenters. The molecule has 1 aromatic carbocycles. The van der Waals surface area contributed by atoms with Crippen molar-refractivity contribution in [3.05, 3.63) is 57.4 Å². The second-order valence-electron chi connectivity index (χ2n) is 5.09. The molecule has 1 heterocycles. The summed E-state index contributed by atoms with van der Waals surface area (Å²) in [5.74, 6) is -0.315. The first-order valence-corrected chi connectivity index (χ1v) is 6.99. The van der Waals surface area contributed by atoms with Crippen LogP contribution in [0.2, 0.25) is 0 Å². The molecule has 0 radical (unpaired) electrons. The van der Waals surface area contributed by atoms with E-state index in [4.69, 9.17) is 4.74 Å².